The predicted molar refractivity (Wildman–Crippen MR) is 75.8 cm³/mol. The number of phenolic OH excluding ortho intramolecular Hbond substituents is 1. The van der Waals surface area contributed by atoms with Crippen molar-refractivity contribution in [3.05, 3.63) is 37.2 Å². The molecule has 0 atom stereocenters. The SMILES string of the molecule is Cc1cc(-c2nc(O)c(I)c(=O)[nH]2)cc(C)c1O. The molecule has 6 heteroatoms. The van der Waals surface area contributed by atoms with Gasteiger partial charge in [0.05, 0.1) is 0 Å². The fourth-order valence-corrected chi connectivity index (χ4v) is 1.93. The smallest absolute Gasteiger partial charge is 0.268 e. The van der Waals surface area contributed by atoms with E-state index in [4.69, 9.17) is 0 Å². The molecule has 0 aliphatic rings. The maximum atomic E-state index is 11.6. The summed E-state index contributed by atoms with van der Waals surface area (Å²) in [5.74, 6) is 0.206. The molecular weight excluding hydrogens is 347 g/mol. The first-order valence-electron chi connectivity index (χ1n) is 5.19. The summed E-state index contributed by atoms with van der Waals surface area (Å²) >= 11 is 1.73. The highest BCUT2D eigenvalue weighted by Crippen LogP contribution is 2.27. The van der Waals surface area contributed by atoms with Gasteiger partial charge in [0.25, 0.3) is 5.56 Å². The molecule has 3 N–H and O–H groups in total. The highest BCUT2D eigenvalue weighted by atomic mass is 127. The Morgan fingerprint density at radius 2 is 1.78 bits per heavy atom. The lowest BCUT2D eigenvalue weighted by Crippen LogP contribution is -2.12. The number of benzene rings is 1. The number of aromatic nitrogens is 2. The molecule has 0 aliphatic carbocycles. The van der Waals surface area contributed by atoms with Crippen molar-refractivity contribution in [3.63, 3.8) is 0 Å². The molecule has 1 heterocycles. The Morgan fingerprint density at radius 1 is 1.22 bits per heavy atom. The van der Waals surface area contributed by atoms with Crippen LogP contribution in [0.25, 0.3) is 11.4 Å². The number of aryl methyl sites for hydroxylation is 2. The normalized spacial score (nSPS) is 10.6. The van der Waals surface area contributed by atoms with Crippen molar-refractivity contribution >= 4 is 22.6 Å². The quantitative estimate of drug-likeness (QED) is 0.682. The van der Waals surface area contributed by atoms with Crippen LogP contribution in [0.4, 0.5) is 0 Å². The van der Waals surface area contributed by atoms with Gasteiger partial charge < -0.3 is 15.2 Å². The largest absolute Gasteiger partial charge is 0.507 e. The van der Waals surface area contributed by atoms with Gasteiger partial charge in [-0.3, -0.25) is 4.79 Å². The summed E-state index contributed by atoms with van der Waals surface area (Å²) in [5.41, 5.74) is 1.63. The average Bonchev–Trinajstić information content (AvgIpc) is 2.31. The van der Waals surface area contributed by atoms with Crippen molar-refractivity contribution in [2.24, 2.45) is 0 Å². The molecule has 0 unspecified atom stereocenters. The van der Waals surface area contributed by atoms with Gasteiger partial charge in [-0.1, -0.05) is 0 Å². The fraction of sp³-hybridized carbons (Fsp3) is 0.167. The van der Waals surface area contributed by atoms with Crippen LogP contribution >= 0.6 is 22.6 Å². The Bertz CT molecular complexity index is 657. The van der Waals surface area contributed by atoms with E-state index in [1.165, 1.54) is 0 Å². The van der Waals surface area contributed by atoms with Crippen LogP contribution in [0.1, 0.15) is 11.1 Å². The third kappa shape index (κ3) is 2.20. The maximum Gasteiger partial charge on any atom is 0.268 e. The third-order valence-electron chi connectivity index (χ3n) is 2.61. The summed E-state index contributed by atoms with van der Waals surface area (Å²) in [6.07, 6.45) is 0. The minimum atomic E-state index is -0.388. The number of phenols is 1. The molecule has 5 nitrogen and oxygen atoms in total. The van der Waals surface area contributed by atoms with Gasteiger partial charge in [0, 0.05) is 5.56 Å². The van der Waals surface area contributed by atoms with E-state index in [9.17, 15) is 15.0 Å². The maximum absolute atomic E-state index is 11.6. The van der Waals surface area contributed by atoms with Crippen molar-refractivity contribution < 1.29 is 10.2 Å². The van der Waals surface area contributed by atoms with Crippen LogP contribution in [0.5, 0.6) is 11.6 Å². The molecule has 2 aromatic rings. The lowest BCUT2D eigenvalue weighted by Gasteiger charge is -2.08. The van der Waals surface area contributed by atoms with Gasteiger partial charge >= 0.3 is 0 Å². The first-order valence-corrected chi connectivity index (χ1v) is 6.27. The van der Waals surface area contributed by atoms with Crippen molar-refractivity contribution in [2.45, 2.75) is 13.8 Å². The molecule has 0 fully saturated rings. The predicted octanol–water partition coefficient (Wildman–Crippen LogP) is 2.07. The first kappa shape index (κ1) is 12.9. The van der Waals surface area contributed by atoms with E-state index in [0.29, 0.717) is 16.7 Å². The molecular formula is C12H11IN2O3. The van der Waals surface area contributed by atoms with Crippen molar-refractivity contribution in [3.8, 4) is 23.0 Å². The molecule has 0 aliphatic heterocycles. The Morgan fingerprint density at radius 3 is 2.28 bits per heavy atom. The van der Waals surface area contributed by atoms with Gasteiger partial charge in [0.15, 0.2) is 0 Å². The summed E-state index contributed by atoms with van der Waals surface area (Å²) in [6, 6.07) is 3.40. The average molecular weight is 358 g/mol. The molecule has 0 bridgehead atoms. The van der Waals surface area contributed by atoms with Gasteiger partial charge in [0.2, 0.25) is 5.88 Å². The summed E-state index contributed by atoms with van der Waals surface area (Å²) in [7, 11) is 0. The van der Waals surface area contributed by atoms with Crippen molar-refractivity contribution in [2.75, 3.05) is 0 Å². The second kappa shape index (κ2) is 4.60. The number of aromatic hydroxyl groups is 2. The van der Waals surface area contributed by atoms with E-state index in [1.807, 2.05) is 0 Å². The number of halogens is 1. The van der Waals surface area contributed by atoms with Crippen molar-refractivity contribution in [1.29, 1.82) is 0 Å². The highest BCUT2D eigenvalue weighted by Gasteiger charge is 2.11. The molecule has 0 amide bonds. The molecule has 0 spiro atoms. The van der Waals surface area contributed by atoms with Crippen LogP contribution in [-0.4, -0.2) is 20.2 Å². The number of aromatic amines is 1. The van der Waals surface area contributed by atoms with E-state index in [-0.39, 0.29) is 26.6 Å². The Kier molecular flexibility index (Phi) is 3.29. The van der Waals surface area contributed by atoms with Crippen LogP contribution in [0.2, 0.25) is 0 Å². The number of nitrogens with one attached hydrogen (secondary N) is 1. The number of rotatable bonds is 1. The van der Waals surface area contributed by atoms with Crippen LogP contribution in [0, 0.1) is 17.4 Å². The molecule has 2 rings (SSSR count). The molecule has 94 valence electrons. The zero-order chi connectivity index (χ0) is 13.4. The van der Waals surface area contributed by atoms with Crippen LogP contribution in [-0.2, 0) is 0 Å². The van der Waals surface area contributed by atoms with Crippen LogP contribution in [0.15, 0.2) is 16.9 Å². The number of hydrogen-bond donors (Lipinski definition) is 3. The van der Waals surface area contributed by atoms with Gasteiger partial charge in [-0.2, -0.15) is 4.98 Å². The highest BCUT2D eigenvalue weighted by molar-refractivity contribution is 14.1. The van der Waals surface area contributed by atoms with E-state index < -0.39 is 0 Å². The van der Waals surface area contributed by atoms with Crippen LogP contribution in [0.3, 0.4) is 0 Å². The van der Waals surface area contributed by atoms with Crippen molar-refractivity contribution in [1.82, 2.24) is 9.97 Å². The lowest BCUT2D eigenvalue weighted by atomic mass is 10.1. The topological polar surface area (TPSA) is 86.2 Å². The number of nitrogens with zero attached hydrogens (tertiary/aromatic N) is 1. The molecule has 1 aromatic heterocycles. The fourth-order valence-electron chi connectivity index (χ4n) is 1.68. The molecule has 0 saturated heterocycles. The zero-order valence-electron chi connectivity index (χ0n) is 9.78. The molecule has 1 aromatic carbocycles. The third-order valence-corrected chi connectivity index (χ3v) is 3.58. The Hall–Kier alpha value is -1.57. The number of H-pyrrole nitrogens is 1. The van der Waals surface area contributed by atoms with E-state index in [2.05, 4.69) is 9.97 Å². The van der Waals surface area contributed by atoms with Crippen LogP contribution < -0.4 is 5.56 Å². The molecule has 18 heavy (non-hydrogen) atoms. The Labute approximate surface area is 117 Å². The second-order valence-electron chi connectivity index (χ2n) is 4.01. The summed E-state index contributed by atoms with van der Waals surface area (Å²) in [5, 5.41) is 19.2. The molecule has 0 radical (unpaired) electrons. The summed E-state index contributed by atoms with van der Waals surface area (Å²) < 4.78 is 0.156. The lowest BCUT2D eigenvalue weighted by molar-refractivity contribution is 0.447. The van der Waals surface area contributed by atoms with E-state index >= 15 is 0 Å². The second-order valence-corrected chi connectivity index (χ2v) is 5.09. The summed E-state index contributed by atoms with van der Waals surface area (Å²) in [4.78, 5) is 18.1. The van der Waals surface area contributed by atoms with Gasteiger partial charge in [-0.25, -0.2) is 0 Å². The summed E-state index contributed by atoms with van der Waals surface area (Å²) in [6.45, 7) is 3.52. The zero-order valence-corrected chi connectivity index (χ0v) is 11.9. The Balaban J connectivity index is 2.66. The number of hydrogen-bond acceptors (Lipinski definition) is 4. The minimum absolute atomic E-state index is 0.156. The van der Waals surface area contributed by atoms with Gasteiger partial charge in [0.1, 0.15) is 15.1 Å². The van der Waals surface area contributed by atoms with E-state index in [0.717, 1.165) is 0 Å². The minimum Gasteiger partial charge on any atom is -0.507 e. The monoisotopic (exact) mass is 358 g/mol. The standard InChI is InChI=1S/C12H11IN2O3/c1-5-3-7(4-6(2)9(5)16)10-14-11(17)8(13)12(18)15-10/h3-4,16H,1-2H3,(H2,14,15,17,18). The van der Waals surface area contributed by atoms with Gasteiger partial charge in [-0.05, 0) is 59.7 Å². The van der Waals surface area contributed by atoms with Gasteiger partial charge in [-0.15, -0.1) is 0 Å². The molecule has 0 saturated carbocycles. The first-order chi connectivity index (χ1) is 8.40. The van der Waals surface area contributed by atoms with E-state index in [1.54, 1.807) is 48.6 Å².